The van der Waals surface area contributed by atoms with E-state index in [1.807, 2.05) is 13.8 Å². The number of carboxylic acid groups (broad SMARTS) is 1. The predicted molar refractivity (Wildman–Crippen MR) is 84.1 cm³/mol. The summed E-state index contributed by atoms with van der Waals surface area (Å²) in [6.45, 7) is 3.68. The maximum Gasteiger partial charge on any atom is 0.323 e. The molecule has 0 aromatic heterocycles. The van der Waals surface area contributed by atoms with Crippen LogP contribution < -0.4 is 10.6 Å². The Labute approximate surface area is 125 Å². The molecule has 21 heavy (non-hydrogen) atoms. The highest BCUT2D eigenvalue weighted by molar-refractivity contribution is 6.01. The summed E-state index contributed by atoms with van der Waals surface area (Å²) in [5, 5.41) is 9.09. The Morgan fingerprint density at radius 2 is 1.76 bits per heavy atom. The van der Waals surface area contributed by atoms with Crippen LogP contribution in [0.15, 0.2) is 24.3 Å². The molecule has 0 fully saturated rings. The number of anilines is 2. The average Bonchev–Trinajstić information content (AvgIpc) is 2.44. The first kappa shape index (κ1) is 17.0. The number of carbonyl (C=O) groups is 2. The first-order valence-electron chi connectivity index (χ1n) is 7.38. The molecule has 0 bridgehead atoms. The highest BCUT2D eigenvalue weighted by atomic mass is 16.4. The number of nitrogens with zero attached hydrogens (tertiary/aromatic N) is 1. The monoisotopic (exact) mass is 292 g/mol. The Morgan fingerprint density at radius 1 is 1.19 bits per heavy atom. The van der Waals surface area contributed by atoms with Crippen LogP contribution in [0.25, 0.3) is 0 Å². The average molecular weight is 292 g/mol. The van der Waals surface area contributed by atoms with Gasteiger partial charge in [-0.15, -0.1) is 0 Å². The Balaban J connectivity index is 3.09. The van der Waals surface area contributed by atoms with Crippen LogP contribution in [0.2, 0.25) is 0 Å². The number of hydrogen-bond donors (Lipinski definition) is 2. The van der Waals surface area contributed by atoms with Crippen LogP contribution in [0, 0.1) is 5.92 Å². The SMILES string of the molecule is CCCC(CCC)C(=O)N(CC(=O)O)c1ccccc1N. The third-order valence-electron chi connectivity index (χ3n) is 3.41. The molecule has 1 aromatic rings. The van der Waals surface area contributed by atoms with E-state index < -0.39 is 5.97 Å². The second-order valence-corrected chi connectivity index (χ2v) is 5.15. The van der Waals surface area contributed by atoms with E-state index in [1.165, 1.54) is 4.90 Å². The van der Waals surface area contributed by atoms with Crippen LogP contribution in [-0.2, 0) is 9.59 Å². The van der Waals surface area contributed by atoms with E-state index in [4.69, 9.17) is 10.8 Å². The van der Waals surface area contributed by atoms with Crippen LogP contribution in [0.3, 0.4) is 0 Å². The fraction of sp³-hybridized carbons (Fsp3) is 0.500. The summed E-state index contributed by atoms with van der Waals surface area (Å²) in [6.07, 6.45) is 3.30. The summed E-state index contributed by atoms with van der Waals surface area (Å²) in [7, 11) is 0. The molecule has 0 atom stereocenters. The van der Waals surface area contributed by atoms with Gasteiger partial charge in [0, 0.05) is 5.92 Å². The topological polar surface area (TPSA) is 83.6 Å². The van der Waals surface area contributed by atoms with Gasteiger partial charge in [0.25, 0.3) is 0 Å². The van der Waals surface area contributed by atoms with Crippen molar-refractivity contribution >= 4 is 23.3 Å². The van der Waals surface area contributed by atoms with Crippen molar-refractivity contribution in [3.8, 4) is 0 Å². The van der Waals surface area contributed by atoms with Gasteiger partial charge in [0.2, 0.25) is 5.91 Å². The van der Waals surface area contributed by atoms with Crippen LogP contribution in [-0.4, -0.2) is 23.5 Å². The van der Waals surface area contributed by atoms with Crippen molar-refractivity contribution in [3.63, 3.8) is 0 Å². The lowest BCUT2D eigenvalue weighted by Crippen LogP contribution is -2.40. The number of hydrogen-bond acceptors (Lipinski definition) is 3. The molecule has 1 rings (SSSR count). The first-order chi connectivity index (χ1) is 10.0. The lowest BCUT2D eigenvalue weighted by Gasteiger charge is -2.27. The number of nitrogens with two attached hydrogens (primary N) is 1. The van der Waals surface area contributed by atoms with Gasteiger partial charge in [-0.1, -0.05) is 38.8 Å². The van der Waals surface area contributed by atoms with Gasteiger partial charge in [-0.2, -0.15) is 0 Å². The Morgan fingerprint density at radius 3 is 2.24 bits per heavy atom. The third kappa shape index (κ3) is 4.77. The van der Waals surface area contributed by atoms with Crippen molar-refractivity contribution in [1.29, 1.82) is 0 Å². The van der Waals surface area contributed by atoms with E-state index in [2.05, 4.69) is 0 Å². The molecule has 1 amide bonds. The van der Waals surface area contributed by atoms with Gasteiger partial charge in [0.15, 0.2) is 0 Å². The maximum absolute atomic E-state index is 12.7. The summed E-state index contributed by atoms with van der Waals surface area (Å²) in [6, 6.07) is 6.87. The number of carboxylic acids is 1. The first-order valence-corrected chi connectivity index (χ1v) is 7.38. The number of nitrogen functional groups attached to an aromatic ring is 1. The van der Waals surface area contributed by atoms with Gasteiger partial charge >= 0.3 is 5.97 Å². The highest BCUT2D eigenvalue weighted by Crippen LogP contribution is 2.26. The summed E-state index contributed by atoms with van der Waals surface area (Å²) in [4.78, 5) is 25.1. The Hall–Kier alpha value is -2.04. The van der Waals surface area contributed by atoms with Crippen LogP contribution >= 0.6 is 0 Å². The number of aliphatic carboxylic acids is 1. The minimum atomic E-state index is -1.04. The van der Waals surface area contributed by atoms with Crippen LogP contribution in [0.5, 0.6) is 0 Å². The van der Waals surface area contributed by atoms with Crippen molar-refractivity contribution < 1.29 is 14.7 Å². The number of para-hydroxylation sites is 2. The molecule has 0 saturated carbocycles. The molecule has 0 heterocycles. The van der Waals surface area contributed by atoms with E-state index >= 15 is 0 Å². The molecule has 0 aliphatic rings. The quantitative estimate of drug-likeness (QED) is 0.722. The zero-order valence-electron chi connectivity index (χ0n) is 12.7. The molecule has 0 saturated heterocycles. The molecular formula is C16H24N2O3. The third-order valence-corrected chi connectivity index (χ3v) is 3.41. The van der Waals surface area contributed by atoms with Gasteiger partial charge in [-0.05, 0) is 25.0 Å². The fourth-order valence-corrected chi connectivity index (χ4v) is 2.46. The Kier molecular flexibility index (Phi) is 6.72. The lowest BCUT2D eigenvalue weighted by atomic mass is 9.96. The largest absolute Gasteiger partial charge is 0.480 e. The van der Waals surface area contributed by atoms with Crippen molar-refractivity contribution in [2.24, 2.45) is 5.92 Å². The molecule has 0 aliphatic carbocycles. The molecule has 0 radical (unpaired) electrons. The number of carbonyl (C=O) groups excluding carboxylic acids is 1. The summed E-state index contributed by atoms with van der Waals surface area (Å²) >= 11 is 0. The molecule has 3 N–H and O–H groups in total. The van der Waals surface area contributed by atoms with Crippen LogP contribution in [0.4, 0.5) is 11.4 Å². The van der Waals surface area contributed by atoms with Gasteiger partial charge in [-0.25, -0.2) is 0 Å². The minimum absolute atomic E-state index is 0.154. The lowest BCUT2D eigenvalue weighted by molar-refractivity contribution is -0.137. The van der Waals surface area contributed by atoms with E-state index in [-0.39, 0.29) is 18.4 Å². The molecule has 0 unspecified atom stereocenters. The summed E-state index contributed by atoms with van der Waals surface area (Å²) in [5.74, 6) is -1.35. The smallest absolute Gasteiger partial charge is 0.323 e. The second-order valence-electron chi connectivity index (χ2n) is 5.15. The molecule has 1 aromatic carbocycles. The molecular weight excluding hydrogens is 268 g/mol. The fourth-order valence-electron chi connectivity index (χ4n) is 2.46. The maximum atomic E-state index is 12.7. The molecule has 116 valence electrons. The zero-order chi connectivity index (χ0) is 15.8. The van der Waals surface area contributed by atoms with E-state index in [9.17, 15) is 9.59 Å². The molecule has 0 spiro atoms. The van der Waals surface area contributed by atoms with E-state index in [0.29, 0.717) is 11.4 Å². The molecule has 0 aliphatic heterocycles. The number of benzene rings is 1. The van der Waals surface area contributed by atoms with Gasteiger partial charge in [-0.3, -0.25) is 14.5 Å². The van der Waals surface area contributed by atoms with Gasteiger partial charge < -0.3 is 10.8 Å². The summed E-state index contributed by atoms with van der Waals surface area (Å²) < 4.78 is 0. The normalized spacial score (nSPS) is 10.6. The van der Waals surface area contributed by atoms with Crippen molar-refractivity contribution in [3.05, 3.63) is 24.3 Å². The minimum Gasteiger partial charge on any atom is -0.480 e. The highest BCUT2D eigenvalue weighted by Gasteiger charge is 2.26. The number of rotatable bonds is 8. The summed E-state index contributed by atoms with van der Waals surface area (Å²) in [5.41, 5.74) is 6.79. The molecule has 5 heteroatoms. The molecule has 5 nitrogen and oxygen atoms in total. The van der Waals surface area contributed by atoms with Crippen LogP contribution in [0.1, 0.15) is 39.5 Å². The van der Waals surface area contributed by atoms with E-state index in [1.54, 1.807) is 24.3 Å². The van der Waals surface area contributed by atoms with Crippen molar-refractivity contribution in [1.82, 2.24) is 0 Å². The Bertz CT molecular complexity index is 482. The van der Waals surface area contributed by atoms with Crippen molar-refractivity contribution in [2.45, 2.75) is 39.5 Å². The van der Waals surface area contributed by atoms with Gasteiger partial charge in [0.05, 0.1) is 11.4 Å². The zero-order valence-corrected chi connectivity index (χ0v) is 12.7. The predicted octanol–water partition coefficient (Wildman–Crippen LogP) is 2.90. The van der Waals surface area contributed by atoms with E-state index in [0.717, 1.165) is 25.7 Å². The second kappa shape index (κ2) is 8.29. The van der Waals surface area contributed by atoms with Crippen molar-refractivity contribution in [2.75, 3.05) is 17.2 Å². The number of amides is 1. The standard InChI is InChI=1S/C16H24N2O3/c1-3-7-12(8-4-2)16(21)18(11-15(19)20)14-10-6-5-9-13(14)17/h5-6,9-10,12H,3-4,7-8,11,17H2,1-2H3,(H,19,20). The van der Waals surface area contributed by atoms with Gasteiger partial charge in [0.1, 0.15) is 6.54 Å².